The number of rotatable bonds is 1. The van der Waals surface area contributed by atoms with Gasteiger partial charge in [0.15, 0.2) is 5.06 Å². The minimum atomic E-state index is 0.315. The van der Waals surface area contributed by atoms with E-state index >= 15 is 0 Å². The Labute approximate surface area is 67.5 Å². The molecule has 2 heterocycles. The molecule has 0 unspecified atom stereocenters. The van der Waals surface area contributed by atoms with E-state index in [1.165, 1.54) is 11.3 Å². The van der Waals surface area contributed by atoms with Gasteiger partial charge in [0.25, 0.3) is 0 Å². The quantitative estimate of drug-likeness (QED) is 0.699. The van der Waals surface area contributed by atoms with Crippen molar-refractivity contribution in [1.82, 2.24) is 9.78 Å². The van der Waals surface area contributed by atoms with Crippen LogP contribution < -0.4 is 0 Å². The summed E-state index contributed by atoms with van der Waals surface area (Å²) < 4.78 is 1.71. The predicted octanol–water partition coefficient (Wildman–Crippen LogP) is 1.64. The first-order valence-corrected chi connectivity index (χ1v) is 3.97. The third-order valence-corrected chi connectivity index (χ3v) is 2.19. The number of aromatic hydroxyl groups is 1. The fourth-order valence-corrected chi connectivity index (χ4v) is 1.53. The van der Waals surface area contributed by atoms with Crippen LogP contribution in [0.2, 0.25) is 0 Å². The number of hydrogen-bond acceptors (Lipinski definition) is 3. The number of nitrogens with zero attached hydrogens (tertiary/aromatic N) is 2. The molecule has 4 heteroatoms. The van der Waals surface area contributed by atoms with E-state index in [4.69, 9.17) is 5.11 Å². The zero-order valence-electron chi connectivity index (χ0n) is 5.64. The molecule has 0 radical (unpaired) electrons. The smallest absolute Gasteiger partial charge is 0.173 e. The molecule has 0 aliphatic rings. The van der Waals surface area contributed by atoms with Crippen LogP contribution in [0, 0.1) is 0 Å². The fraction of sp³-hybridized carbons (Fsp3) is 0. The first-order chi connectivity index (χ1) is 5.36. The monoisotopic (exact) mass is 166 g/mol. The van der Waals surface area contributed by atoms with Crippen LogP contribution in [0.15, 0.2) is 30.6 Å². The Bertz CT molecular complexity index is 339. The molecule has 0 aliphatic heterocycles. The van der Waals surface area contributed by atoms with Crippen molar-refractivity contribution in [2.24, 2.45) is 0 Å². The molecule has 2 aromatic heterocycles. The molecule has 56 valence electrons. The third kappa shape index (κ3) is 1.12. The molecule has 0 spiro atoms. The topological polar surface area (TPSA) is 38.0 Å². The third-order valence-electron chi connectivity index (χ3n) is 1.31. The van der Waals surface area contributed by atoms with Crippen LogP contribution in [0.1, 0.15) is 0 Å². The minimum absolute atomic E-state index is 0.315. The maximum absolute atomic E-state index is 9.03. The van der Waals surface area contributed by atoms with E-state index in [2.05, 4.69) is 5.10 Å². The molecule has 0 aromatic carbocycles. The highest BCUT2D eigenvalue weighted by atomic mass is 32.1. The molecule has 1 N–H and O–H groups in total. The van der Waals surface area contributed by atoms with Crippen molar-refractivity contribution in [3.8, 4) is 10.1 Å². The van der Waals surface area contributed by atoms with Crippen molar-refractivity contribution in [3.05, 3.63) is 30.6 Å². The molecule has 0 atom stereocenters. The Morgan fingerprint density at radius 3 is 2.91 bits per heavy atom. The average Bonchev–Trinajstić information content (AvgIpc) is 2.55. The Morgan fingerprint density at radius 1 is 1.45 bits per heavy atom. The highest BCUT2D eigenvalue weighted by Crippen LogP contribution is 2.24. The molecule has 3 nitrogen and oxygen atoms in total. The van der Waals surface area contributed by atoms with Crippen LogP contribution in [0.4, 0.5) is 0 Å². The van der Waals surface area contributed by atoms with Gasteiger partial charge in [-0.1, -0.05) is 11.3 Å². The second-order valence-corrected chi connectivity index (χ2v) is 3.10. The lowest BCUT2D eigenvalue weighted by molar-refractivity contribution is 0.491. The fourth-order valence-electron chi connectivity index (χ4n) is 0.840. The lowest BCUT2D eigenvalue weighted by Gasteiger charge is -1.91. The van der Waals surface area contributed by atoms with E-state index in [0.29, 0.717) is 5.06 Å². The van der Waals surface area contributed by atoms with Crippen molar-refractivity contribution >= 4 is 11.3 Å². The zero-order valence-corrected chi connectivity index (χ0v) is 6.45. The van der Waals surface area contributed by atoms with E-state index in [-0.39, 0.29) is 0 Å². The zero-order chi connectivity index (χ0) is 7.68. The molecule has 2 aromatic rings. The highest BCUT2D eigenvalue weighted by molar-refractivity contribution is 7.16. The number of hydrogen-bond donors (Lipinski definition) is 1. The van der Waals surface area contributed by atoms with Gasteiger partial charge in [-0.3, -0.25) is 0 Å². The number of aromatic nitrogens is 2. The molecule has 0 amide bonds. The largest absolute Gasteiger partial charge is 0.499 e. The summed E-state index contributed by atoms with van der Waals surface area (Å²) in [6.45, 7) is 0. The van der Waals surface area contributed by atoms with Gasteiger partial charge in [-0.25, -0.2) is 4.68 Å². The van der Waals surface area contributed by atoms with Crippen molar-refractivity contribution in [3.63, 3.8) is 0 Å². The SMILES string of the molecule is Oc1ccc(-n2cccn2)s1. The summed E-state index contributed by atoms with van der Waals surface area (Å²) in [5.41, 5.74) is 0. The Hall–Kier alpha value is -1.29. The standard InChI is InChI=1S/C7H6N2OS/c10-7-3-2-6(11-7)9-5-1-4-8-9/h1-5,10H. The van der Waals surface area contributed by atoms with Gasteiger partial charge >= 0.3 is 0 Å². The summed E-state index contributed by atoms with van der Waals surface area (Å²) in [5.74, 6) is 0. The van der Waals surface area contributed by atoms with Gasteiger partial charge in [0.05, 0.1) is 0 Å². The van der Waals surface area contributed by atoms with Gasteiger partial charge in [-0.2, -0.15) is 5.10 Å². The summed E-state index contributed by atoms with van der Waals surface area (Å²) in [7, 11) is 0. The summed E-state index contributed by atoms with van der Waals surface area (Å²) in [6, 6.07) is 5.32. The molecule has 0 saturated carbocycles. The van der Waals surface area contributed by atoms with E-state index in [0.717, 1.165) is 5.00 Å². The number of thiophene rings is 1. The van der Waals surface area contributed by atoms with E-state index in [9.17, 15) is 0 Å². The molecular weight excluding hydrogens is 160 g/mol. The lowest BCUT2D eigenvalue weighted by Crippen LogP contribution is -1.88. The maximum atomic E-state index is 9.03. The van der Waals surface area contributed by atoms with E-state index in [1.807, 2.05) is 18.3 Å². The molecule has 0 aliphatic carbocycles. The van der Waals surface area contributed by atoms with Crippen LogP contribution in [-0.4, -0.2) is 14.9 Å². The first-order valence-electron chi connectivity index (χ1n) is 3.15. The Balaban J connectivity index is 2.45. The molecule has 0 saturated heterocycles. The van der Waals surface area contributed by atoms with Crippen LogP contribution in [0.25, 0.3) is 5.00 Å². The summed E-state index contributed by atoms with van der Waals surface area (Å²) >= 11 is 1.30. The van der Waals surface area contributed by atoms with Gasteiger partial charge in [-0.05, 0) is 18.2 Å². The molecular formula is C7H6N2OS. The average molecular weight is 166 g/mol. The van der Waals surface area contributed by atoms with E-state index < -0.39 is 0 Å². The summed E-state index contributed by atoms with van der Waals surface area (Å²) in [6.07, 6.45) is 3.54. The van der Waals surface area contributed by atoms with Gasteiger partial charge < -0.3 is 5.11 Å². The molecule has 0 bridgehead atoms. The van der Waals surface area contributed by atoms with Gasteiger partial charge in [-0.15, -0.1) is 0 Å². The Kier molecular flexibility index (Phi) is 1.40. The first kappa shape index (κ1) is 6.42. The lowest BCUT2D eigenvalue weighted by atomic mass is 10.6. The van der Waals surface area contributed by atoms with Gasteiger partial charge in [0.2, 0.25) is 0 Å². The predicted molar refractivity (Wildman–Crippen MR) is 43.1 cm³/mol. The summed E-state index contributed by atoms with van der Waals surface area (Å²) in [4.78, 5) is 0. The molecule has 0 fully saturated rings. The maximum Gasteiger partial charge on any atom is 0.173 e. The van der Waals surface area contributed by atoms with Crippen LogP contribution in [-0.2, 0) is 0 Å². The van der Waals surface area contributed by atoms with Crippen molar-refractivity contribution in [2.75, 3.05) is 0 Å². The molecule has 2 rings (SSSR count). The van der Waals surface area contributed by atoms with Crippen LogP contribution in [0.5, 0.6) is 5.06 Å². The van der Waals surface area contributed by atoms with Crippen molar-refractivity contribution in [2.45, 2.75) is 0 Å². The molecule has 11 heavy (non-hydrogen) atoms. The van der Waals surface area contributed by atoms with Gasteiger partial charge in [0, 0.05) is 12.4 Å². The van der Waals surface area contributed by atoms with Crippen LogP contribution >= 0.6 is 11.3 Å². The highest BCUT2D eigenvalue weighted by Gasteiger charge is 1.98. The van der Waals surface area contributed by atoms with E-state index in [1.54, 1.807) is 16.9 Å². The Morgan fingerprint density at radius 2 is 2.36 bits per heavy atom. The minimum Gasteiger partial charge on any atom is -0.499 e. The van der Waals surface area contributed by atoms with Gasteiger partial charge in [0.1, 0.15) is 5.00 Å². The van der Waals surface area contributed by atoms with Crippen LogP contribution in [0.3, 0.4) is 0 Å². The second kappa shape index (κ2) is 2.39. The van der Waals surface area contributed by atoms with Crippen molar-refractivity contribution in [1.29, 1.82) is 0 Å². The normalized spacial score (nSPS) is 10.2. The summed E-state index contributed by atoms with van der Waals surface area (Å²) in [5, 5.41) is 14.3. The van der Waals surface area contributed by atoms with Crippen molar-refractivity contribution < 1.29 is 5.11 Å². The second-order valence-electron chi connectivity index (χ2n) is 2.06.